The van der Waals surface area contributed by atoms with Crippen molar-refractivity contribution >= 4 is 11.9 Å². The van der Waals surface area contributed by atoms with Gasteiger partial charge in [0.25, 0.3) is 0 Å². The maximum atomic E-state index is 13.1. The van der Waals surface area contributed by atoms with E-state index in [-0.39, 0.29) is 29.9 Å². The maximum absolute atomic E-state index is 13.1. The highest BCUT2D eigenvalue weighted by Crippen LogP contribution is 2.26. The van der Waals surface area contributed by atoms with Gasteiger partial charge in [0, 0.05) is 37.8 Å². The number of urea groups is 1. The van der Waals surface area contributed by atoms with Crippen LogP contribution in [0.15, 0.2) is 0 Å². The third kappa shape index (κ3) is 4.46. The van der Waals surface area contributed by atoms with E-state index in [9.17, 15) is 9.59 Å². The van der Waals surface area contributed by atoms with Gasteiger partial charge in [0.1, 0.15) is 0 Å². The second-order valence-electron chi connectivity index (χ2n) is 8.17. The lowest BCUT2D eigenvalue weighted by Gasteiger charge is -2.42. The lowest BCUT2D eigenvalue weighted by Crippen LogP contribution is -2.56. The van der Waals surface area contributed by atoms with Gasteiger partial charge in [0.2, 0.25) is 5.91 Å². The van der Waals surface area contributed by atoms with Crippen molar-refractivity contribution in [1.82, 2.24) is 15.1 Å². The maximum Gasteiger partial charge on any atom is 0.317 e. The van der Waals surface area contributed by atoms with Gasteiger partial charge in [-0.1, -0.05) is 12.8 Å². The summed E-state index contributed by atoms with van der Waals surface area (Å²) in [5, 5.41) is 3.16. The highest BCUT2D eigenvalue weighted by atomic mass is 16.2. The minimum Gasteiger partial charge on any atom is -0.338 e. The van der Waals surface area contributed by atoms with Gasteiger partial charge in [-0.05, 0) is 51.9 Å². The highest BCUT2D eigenvalue weighted by molar-refractivity contribution is 5.81. The largest absolute Gasteiger partial charge is 0.338 e. The minimum atomic E-state index is -0.0672. The van der Waals surface area contributed by atoms with Gasteiger partial charge in [-0.3, -0.25) is 4.79 Å². The lowest BCUT2D eigenvalue weighted by atomic mass is 9.91. The van der Waals surface area contributed by atoms with Crippen molar-refractivity contribution in [2.24, 2.45) is 11.7 Å². The van der Waals surface area contributed by atoms with Crippen molar-refractivity contribution in [2.45, 2.75) is 82.8 Å². The first-order valence-corrected chi connectivity index (χ1v) is 10.2. The van der Waals surface area contributed by atoms with Crippen molar-refractivity contribution in [3.8, 4) is 0 Å². The van der Waals surface area contributed by atoms with E-state index in [0.29, 0.717) is 12.6 Å². The van der Waals surface area contributed by atoms with Crippen molar-refractivity contribution in [2.75, 3.05) is 19.6 Å². The van der Waals surface area contributed by atoms with Crippen LogP contribution in [-0.4, -0.2) is 59.5 Å². The molecule has 0 aromatic carbocycles. The molecule has 1 aliphatic carbocycles. The summed E-state index contributed by atoms with van der Waals surface area (Å²) in [6.45, 7) is 4.13. The summed E-state index contributed by atoms with van der Waals surface area (Å²) in [4.78, 5) is 29.5. The van der Waals surface area contributed by atoms with Gasteiger partial charge in [0.05, 0.1) is 5.92 Å². The summed E-state index contributed by atoms with van der Waals surface area (Å²) in [6, 6.07) is 0.512. The summed E-state index contributed by atoms with van der Waals surface area (Å²) >= 11 is 0. The number of likely N-dealkylation sites (tertiary alicyclic amines) is 2. The third-order valence-electron chi connectivity index (χ3n) is 6.18. The molecule has 3 rings (SSSR count). The first-order chi connectivity index (χ1) is 12.1. The molecule has 1 saturated carbocycles. The number of carbonyl (C=O) groups excluding carboxylic acids is 2. The van der Waals surface area contributed by atoms with E-state index in [1.54, 1.807) is 0 Å². The molecule has 6 heteroatoms. The molecular formula is C19H34N4O2. The van der Waals surface area contributed by atoms with Gasteiger partial charge in [0.15, 0.2) is 0 Å². The number of hydrogen-bond donors (Lipinski definition) is 2. The molecule has 0 spiro atoms. The Balaban J connectivity index is 1.58. The Hall–Kier alpha value is -1.30. The molecule has 2 aliphatic heterocycles. The van der Waals surface area contributed by atoms with Gasteiger partial charge in [-0.15, -0.1) is 0 Å². The van der Waals surface area contributed by atoms with Crippen LogP contribution in [0.1, 0.15) is 64.7 Å². The number of nitrogens with zero attached hydrogens (tertiary/aromatic N) is 2. The fourth-order valence-electron chi connectivity index (χ4n) is 4.71. The summed E-state index contributed by atoms with van der Waals surface area (Å²) in [6.07, 6.45) is 9.60. The molecule has 3 N–H and O–H groups in total. The second-order valence-corrected chi connectivity index (χ2v) is 8.17. The van der Waals surface area contributed by atoms with E-state index in [1.165, 1.54) is 12.8 Å². The fourth-order valence-corrected chi connectivity index (χ4v) is 4.71. The Morgan fingerprint density at radius 1 is 1.00 bits per heavy atom. The Kier molecular flexibility index (Phi) is 6.20. The Bertz CT molecular complexity index is 476. The molecule has 0 aromatic heterocycles. The van der Waals surface area contributed by atoms with Crippen LogP contribution in [0.2, 0.25) is 0 Å². The highest BCUT2D eigenvalue weighted by Gasteiger charge is 2.36. The lowest BCUT2D eigenvalue weighted by molar-refractivity contribution is -0.141. The number of rotatable bonds is 3. The summed E-state index contributed by atoms with van der Waals surface area (Å²) in [5.74, 6) is 0.141. The third-order valence-corrected chi connectivity index (χ3v) is 6.18. The number of hydrogen-bond acceptors (Lipinski definition) is 3. The first kappa shape index (κ1) is 18.5. The molecule has 142 valence electrons. The van der Waals surface area contributed by atoms with E-state index < -0.39 is 0 Å². The van der Waals surface area contributed by atoms with E-state index >= 15 is 0 Å². The SMILES string of the molecule is CC(N)C1CCCCN1C(=O)C1CCCN(C(=O)NC2CCCC2)C1. The van der Waals surface area contributed by atoms with Gasteiger partial charge in [-0.2, -0.15) is 0 Å². The molecule has 3 unspecified atom stereocenters. The van der Waals surface area contributed by atoms with Crippen molar-refractivity contribution < 1.29 is 9.59 Å². The molecule has 0 radical (unpaired) electrons. The molecule has 2 saturated heterocycles. The molecule has 6 nitrogen and oxygen atoms in total. The van der Waals surface area contributed by atoms with Crippen LogP contribution in [0, 0.1) is 5.92 Å². The fraction of sp³-hybridized carbons (Fsp3) is 0.895. The molecule has 3 aliphatic rings. The number of carbonyl (C=O) groups is 2. The van der Waals surface area contributed by atoms with Crippen LogP contribution in [-0.2, 0) is 4.79 Å². The second kappa shape index (κ2) is 8.39. The van der Waals surface area contributed by atoms with E-state index in [2.05, 4.69) is 5.32 Å². The normalized spacial score (nSPS) is 29.5. The predicted molar refractivity (Wildman–Crippen MR) is 98.1 cm³/mol. The van der Waals surface area contributed by atoms with E-state index in [0.717, 1.165) is 58.0 Å². The van der Waals surface area contributed by atoms with Crippen LogP contribution in [0.25, 0.3) is 0 Å². The molecule has 0 aromatic rings. The van der Waals surface area contributed by atoms with Crippen LogP contribution in [0.3, 0.4) is 0 Å². The zero-order valence-corrected chi connectivity index (χ0v) is 15.6. The summed E-state index contributed by atoms with van der Waals surface area (Å²) < 4.78 is 0. The van der Waals surface area contributed by atoms with Crippen LogP contribution >= 0.6 is 0 Å². The monoisotopic (exact) mass is 350 g/mol. The Morgan fingerprint density at radius 2 is 1.72 bits per heavy atom. The van der Waals surface area contributed by atoms with Crippen LogP contribution in [0.5, 0.6) is 0 Å². The predicted octanol–water partition coefficient (Wildman–Crippen LogP) is 2.08. The molecular weight excluding hydrogens is 316 g/mol. The zero-order valence-electron chi connectivity index (χ0n) is 15.6. The average Bonchev–Trinajstić information content (AvgIpc) is 3.14. The molecule has 3 atom stereocenters. The number of nitrogens with one attached hydrogen (secondary N) is 1. The van der Waals surface area contributed by atoms with Crippen LogP contribution in [0.4, 0.5) is 4.79 Å². The van der Waals surface area contributed by atoms with Gasteiger partial charge in [-0.25, -0.2) is 4.79 Å². The van der Waals surface area contributed by atoms with E-state index in [1.807, 2.05) is 16.7 Å². The topological polar surface area (TPSA) is 78.7 Å². The van der Waals surface area contributed by atoms with Crippen LogP contribution < -0.4 is 11.1 Å². The molecule has 0 bridgehead atoms. The Morgan fingerprint density at radius 3 is 2.44 bits per heavy atom. The van der Waals surface area contributed by atoms with E-state index in [4.69, 9.17) is 5.73 Å². The molecule has 3 fully saturated rings. The van der Waals surface area contributed by atoms with Crippen molar-refractivity contribution in [3.63, 3.8) is 0 Å². The average molecular weight is 351 g/mol. The molecule has 3 amide bonds. The standard InChI is InChI=1S/C19H34N4O2/c1-14(20)17-10-4-5-12-23(17)18(24)15-7-6-11-22(13-15)19(25)21-16-8-2-3-9-16/h14-17H,2-13,20H2,1H3,(H,21,25). The van der Waals surface area contributed by atoms with Crippen molar-refractivity contribution in [3.05, 3.63) is 0 Å². The minimum absolute atomic E-state index is 0.00890. The number of nitrogens with two attached hydrogens (primary N) is 1. The van der Waals surface area contributed by atoms with Crippen molar-refractivity contribution in [1.29, 1.82) is 0 Å². The quantitative estimate of drug-likeness (QED) is 0.818. The first-order valence-electron chi connectivity index (χ1n) is 10.2. The zero-order chi connectivity index (χ0) is 17.8. The van der Waals surface area contributed by atoms with Gasteiger partial charge < -0.3 is 20.9 Å². The summed E-state index contributed by atoms with van der Waals surface area (Å²) in [7, 11) is 0. The Labute approximate surface area is 151 Å². The smallest absolute Gasteiger partial charge is 0.317 e. The summed E-state index contributed by atoms with van der Waals surface area (Å²) in [5.41, 5.74) is 6.12. The molecule has 2 heterocycles. The van der Waals surface area contributed by atoms with Gasteiger partial charge >= 0.3 is 6.03 Å². The molecule has 25 heavy (non-hydrogen) atoms. The number of piperidine rings is 2. The number of amides is 3.